The van der Waals surface area contributed by atoms with Crippen LogP contribution in [0.1, 0.15) is 37.7 Å². The topological polar surface area (TPSA) is 76.0 Å². The zero-order valence-corrected chi connectivity index (χ0v) is 20.6. The first-order chi connectivity index (χ1) is 17.4. The molecule has 1 aromatic heterocycles. The number of rotatable bonds is 6. The molecule has 0 saturated carbocycles. The van der Waals surface area contributed by atoms with Gasteiger partial charge >= 0.3 is 0 Å². The van der Waals surface area contributed by atoms with Crippen LogP contribution in [0.25, 0.3) is 38.5 Å². The summed E-state index contributed by atoms with van der Waals surface area (Å²) < 4.78 is 1.78. The maximum atomic E-state index is 12.8. The van der Waals surface area contributed by atoms with E-state index in [0.29, 0.717) is 17.8 Å². The smallest absolute Gasteiger partial charge is 0.272 e. The number of nitrogens with zero attached hydrogens (tertiary/aromatic N) is 2. The van der Waals surface area contributed by atoms with E-state index >= 15 is 0 Å². The van der Waals surface area contributed by atoms with Gasteiger partial charge in [0.05, 0.1) is 11.4 Å². The summed E-state index contributed by atoms with van der Waals surface area (Å²) in [5.74, 6) is -0.262. The van der Waals surface area contributed by atoms with E-state index in [0.717, 1.165) is 27.7 Å². The van der Waals surface area contributed by atoms with Gasteiger partial charge in [-0.2, -0.15) is 5.10 Å². The molecule has 6 heteroatoms. The second-order valence-corrected chi connectivity index (χ2v) is 9.13. The highest BCUT2D eigenvalue weighted by Crippen LogP contribution is 2.31. The highest BCUT2D eigenvalue weighted by Gasteiger charge is 2.18. The number of amides is 2. The van der Waals surface area contributed by atoms with Crippen molar-refractivity contribution in [2.75, 3.05) is 5.32 Å². The monoisotopic (exact) mass is 476 g/mol. The highest BCUT2D eigenvalue weighted by molar-refractivity contribution is 6.08. The molecule has 2 amide bonds. The fraction of sp³-hybridized carbons (Fsp3) is 0.167. The first-order valence-corrected chi connectivity index (χ1v) is 12.2. The van der Waals surface area contributed by atoms with Gasteiger partial charge in [0.25, 0.3) is 5.91 Å². The van der Waals surface area contributed by atoms with Crippen LogP contribution in [0.4, 0.5) is 5.69 Å². The third kappa shape index (κ3) is 4.58. The fourth-order valence-electron chi connectivity index (χ4n) is 4.33. The van der Waals surface area contributed by atoms with Crippen LogP contribution in [0, 0.1) is 0 Å². The summed E-state index contributed by atoms with van der Waals surface area (Å²) >= 11 is 0. The van der Waals surface area contributed by atoms with E-state index in [1.807, 2.05) is 63.2 Å². The van der Waals surface area contributed by atoms with Crippen LogP contribution >= 0.6 is 0 Å². The van der Waals surface area contributed by atoms with E-state index in [9.17, 15) is 9.59 Å². The van der Waals surface area contributed by atoms with Crippen LogP contribution in [0.5, 0.6) is 0 Å². The Balaban J connectivity index is 1.64. The Labute approximate surface area is 209 Å². The summed E-state index contributed by atoms with van der Waals surface area (Å²) in [4.78, 5) is 24.6. The number of hydrogen-bond donors (Lipinski definition) is 2. The number of nitrogens with one attached hydrogen (secondary N) is 2. The zero-order valence-electron chi connectivity index (χ0n) is 20.6. The predicted octanol–water partition coefficient (Wildman–Crippen LogP) is 6.33. The Morgan fingerprint density at radius 2 is 1.56 bits per heavy atom. The van der Waals surface area contributed by atoms with Crippen LogP contribution in [-0.4, -0.2) is 27.6 Å². The number of benzene rings is 4. The molecule has 180 valence electrons. The van der Waals surface area contributed by atoms with Gasteiger partial charge in [-0.15, -0.1) is 0 Å². The van der Waals surface area contributed by atoms with Gasteiger partial charge in [-0.05, 0) is 71.8 Å². The molecule has 36 heavy (non-hydrogen) atoms. The van der Waals surface area contributed by atoms with Crippen molar-refractivity contribution in [3.8, 4) is 16.9 Å². The van der Waals surface area contributed by atoms with Gasteiger partial charge in [0, 0.05) is 23.7 Å². The van der Waals surface area contributed by atoms with E-state index in [1.54, 1.807) is 4.68 Å². The number of aromatic nitrogens is 2. The lowest BCUT2D eigenvalue weighted by molar-refractivity contribution is -0.115. The minimum atomic E-state index is -0.219. The Bertz CT molecular complexity index is 1580. The molecule has 1 heterocycles. The predicted molar refractivity (Wildman–Crippen MR) is 146 cm³/mol. The molecule has 4 aromatic carbocycles. The summed E-state index contributed by atoms with van der Waals surface area (Å²) in [6.45, 7) is 5.66. The third-order valence-electron chi connectivity index (χ3n) is 6.12. The van der Waals surface area contributed by atoms with Crippen molar-refractivity contribution in [2.45, 2.75) is 33.2 Å². The summed E-state index contributed by atoms with van der Waals surface area (Å²) in [5.41, 5.74) is 3.62. The van der Waals surface area contributed by atoms with Crippen molar-refractivity contribution in [1.82, 2.24) is 15.1 Å². The number of carbonyl (C=O) groups excluding carboxylic acids is 2. The SMILES string of the molecule is CCC(=O)Nc1ccc(-n2nc(C(=O)NC(C)C)cc2-c2ccc3ccc4ccccc4c3c2)cc1. The number of hydrogen-bond acceptors (Lipinski definition) is 3. The van der Waals surface area contributed by atoms with Gasteiger partial charge in [0.15, 0.2) is 5.69 Å². The molecule has 5 rings (SSSR count). The van der Waals surface area contributed by atoms with Crippen LogP contribution < -0.4 is 10.6 Å². The molecule has 0 radical (unpaired) electrons. The van der Waals surface area contributed by atoms with Gasteiger partial charge in [0.2, 0.25) is 5.91 Å². The minimum absolute atomic E-state index is 0.000376. The van der Waals surface area contributed by atoms with Crippen molar-refractivity contribution < 1.29 is 9.59 Å². The molecular weight excluding hydrogens is 448 g/mol. The second-order valence-electron chi connectivity index (χ2n) is 9.13. The Morgan fingerprint density at radius 1 is 0.861 bits per heavy atom. The van der Waals surface area contributed by atoms with Gasteiger partial charge in [-0.1, -0.05) is 55.5 Å². The van der Waals surface area contributed by atoms with Crippen molar-refractivity contribution in [3.05, 3.63) is 90.6 Å². The molecule has 0 spiro atoms. The summed E-state index contributed by atoms with van der Waals surface area (Å²) in [5, 5.41) is 15.1. The van der Waals surface area contributed by atoms with Gasteiger partial charge < -0.3 is 10.6 Å². The van der Waals surface area contributed by atoms with Crippen LogP contribution in [-0.2, 0) is 4.79 Å². The maximum absolute atomic E-state index is 12.8. The Hall–Kier alpha value is -4.45. The molecule has 6 nitrogen and oxygen atoms in total. The van der Waals surface area contributed by atoms with E-state index in [4.69, 9.17) is 0 Å². The van der Waals surface area contributed by atoms with E-state index in [2.05, 4.69) is 58.2 Å². The first kappa shape index (κ1) is 23.3. The lowest BCUT2D eigenvalue weighted by atomic mass is 9.99. The maximum Gasteiger partial charge on any atom is 0.272 e. The third-order valence-corrected chi connectivity index (χ3v) is 6.12. The molecule has 0 aliphatic carbocycles. The molecule has 0 unspecified atom stereocenters. The van der Waals surface area contributed by atoms with E-state index in [-0.39, 0.29) is 17.9 Å². The fourth-order valence-corrected chi connectivity index (χ4v) is 4.33. The number of anilines is 1. The lowest BCUT2D eigenvalue weighted by Crippen LogP contribution is -2.30. The zero-order chi connectivity index (χ0) is 25.2. The van der Waals surface area contributed by atoms with E-state index in [1.165, 1.54) is 10.8 Å². The largest absolute Gasteiger partial charge is 0.348 e. The van der Waals surface area contributed by atoms with Crippen molar-refractivity contribution >= 4 is 39.0 Å². The quantitative estimate of drug-likeness (QED) is 0.281. The van der Waals surface area contributed by atoms with Crippen molar-refractivity contribution in [1.29, 1.82) is 0 Å². The average Bonchev–Trinajstić information content (AvgIpc) is 3.34. The summed E-state index contributed by atoms with van der Waals surface area (Å²) in [6, 6.07) is 28.2. The van der Waals surface area contributed by atoms with Gasteiger partial charge in [-0.3, -0.25) is 9.59 Å². The molecule has 2 N–H and O–H groups in total. The number of fused-ring (bicyclic) bond motifs is 3. The molecule has 0 saturated heterocycles. The molecule has 0 aliphatic heterocycles. The highest BCUT2D eigenvalue weighted by atomic mass is 16.2. The van der Waals surface area contributed by atoms with Crippen molar-refractivity contribution in [2.24, 2.45) is 0 Å². The average molecular weight is 477 g/mol. The molecule has 0 fully saturated rings. The Morgan fingerprint density at radius 3 is 2.28 bits per heavy atom. The number of carbonyl (C=O) groups is 2. The van der Waals surface area contributed by atoms with Gasteiger partial charge in [-0.25, -0.2) is 4.68 Å². The van der Waals surface area contributed by atoms with Crippen LogP contribution in [0.3, 0.4) is 0 Å². The van der Waals surface area contributed by atoms with Gasteiger partial charge in [0.1, 0.15) is 0 Å². The van der Waals surface area contributed by atoms with E-state index < -0.39 is 0 Å². The normalized spacial score (nSPS) is 11.2. The van der Waals surface area contributed by atoms with Crippen LogP contribution in [0.15, 0.2) is 84.9 Å². The molecule has 0 atom stereocenters. The minimum Gasteiger partial charge on any atom is -0.348 e. The standard InChI is InChI=1S/C30H28N4O2/c1-4-29(35)32-23-13-15-24(16-14-23)34-28(18-27(33-34)30(36)31-19(2)3)22-12-11-21-10-9-20-7-5-6-8-25(20)26(21)17-22/h5-19H,4H2,1-3H3,(H,31,36)(H,32,35). The Kier molecular flexibility index (Phi) is 6.25. The van der Waals surface area contributed by atoms with Crippen molar-refractivity contribution in [3.63, 3.8) is 0 Å². The molecule has 0 bridgehead atoms. The second kappa shape index (κ2) is 9.66. The lowest BCUT2D eigenvalue weighted by Gasteiger charge is -2.11. The summed E-state index contributed by atoms with van der Waals surface area (Å²) in [7, 11) is 0. The van der Waals surface area contributed by atoms with Crippen LogP contribution in [0.2, 0.25) is 0 Å². The molecular formula is C30H28N4O2. The molecule has 5 aromatic rings. The first-order valence-electron chi connectivity index (χ1n) is 12.2. The molecule has 0 aliphatic rings. The summed E-state index contributed by atoms with van der Waals surface area (Å²) in [6.07, 6.45) is 0.413.